The minimum atomic E-state index is -1.44. The standard InChI is InChI=1S/C36H43ClIN7O6/c1-6-19(3)28(42-35(49)50-18-22-11-9-8-10-12-22)31(47)43-36(14-13-27-25(17-36)24-15-23(37)16-26(38)30(24)40-27)33(48)41-29(20(4)7-2)32-44-45-34(51-32)39-21(5)46/h8-12,15-16,19-20,28-29,40H,6-7,13-14,17-18H2,1-5H3,(H,41,48)(H,42,49)(H,43,47)(H,39,45,46)/t19?,20?,28-,29-,36+/m0/s1. The van der Waals surface area contributed by atoms with Gasteiger partial charge in [-0.05, 0) is 70.5 Å². The number of hydrogen-bond acceptors (Lipinski definition) is 8. The van der Waals surface area contributed by atoms with Gasteiger partial charge in [0.05, 0.1) is 5.52 Å². The summed E-state index contributed by atoms with van der Waals surface area (Å²) in [6, 6.07) is 11.2. The Kier molecular flexibility index (Phi) is 12.3. The molecular weight excluding hydrogens is 789 g/mol. The SMILES string of the molecule is CCC(C)[C@H](NC(=O)OCc1ccccc1)C(=O)N[C@]1(C(=O)N[C@H](c2nnc(NC(C)=O)o2)C(C)CC)CCc2[nH]c3c(I)cc(Cl)cc3c2C1. The fraction of sp³-hybridized carbons (Fsp3) is 0.444. The van der Waals surface area contributed by atoms with Gasteiger partial charge < -0.3 is 30.1 Å². The normalized spacial score (nSPS) is 17.8. The number of carbonyl (C=O) groups is 4. The number of halogens is 2. The predicted molar refractivity (Wildman–Crippen MR) is 201 cm³/mol. The number of aromatic amines is 1. The topological polar surface area (TPSA) is 180 Å². The highest BCUT2D eigenvalue weighted by Gasteiger charge is 2.47. The maximum Gasteiger partial charge on any atom is 0.408 e. The van der Waals surface area contributed by atoms with Crippen molar-refractivity contribution in [2.24, 2.45) is 11.8 Å². The fourth-order valence-corrected chi connectivity index (χ4v) is 7.42. The number of hydrogen-bond donors (Lipinski definition) is 5. The summed E-state index contributed by atoms with van der Waals surface area (Å²) in [6.07, 6.45) is 1.34. The van der Waals surface area contributed by atoms with E-state index in [4.69, 9.17) is 20.8 Å². The molecule has 0 spiro atoms. The maximum atomic E-state index is 14.8. The molecule has 4 amide bonds. The Labute approximate surface area is 314 Å². The van der Waals surface area contributed by atoms with E-state index in [-0.39, 0.29) is 49.1 Å². The number of aryl methyl sites for hydroxylation is 1. The Morgan fingerprint density at radius 2 is 1.78 bits per heavy atom. The van der Waals surface area contributed by atoms with Crippen molar-refractivity contribution in [3.63, 3.8) is 0 Å². The summed E-state index contributed by atoms with van der Waals surface area (Å²) < 4.78 is 12.1. The van der Waals surface area contributed by atoms with Crippen molar-refractivity contribution < 1.29 is 28.3 Å². The molecule has 0 radical (unpaired) electrons. The van der Waals surface area contributed by atoms with Crippen LogP contribution in [0.3, 0.4) is 0 Å². The molecule has 0 fully saturated rings. The molecule has 5 atom stereocenters. The van der Waals surface area contributed by atoms with Gasteiger partial charge in [-0.25, -0.2) is 4.79 Å². The lowest BCUT2D eigenvalue weighted by molar-refractivity contribution is -0.136. The Morgan fingerprint density at radius 1 is 1.06 bits per heavy atom. The van der Waals surface area contributed by atoms with Crippen LogP contribution < -0.4 is 21.3 Å². The van der Waals surface area contributed by atoms with Crippen LogP contribution in [0.15, 0.2) is 46.9 Å². The van der Waals surface area contributed by atoms with Gasteiger partial charge in [-0.1, -0.05) is 87.6 Å². The predicted octanol–water partition coefficient (Wildman–Crippen LogP) is 6.36. The van der Waals surface area contributed by atoms with E-state index >= 15 is 0 Å². The number of aromatic nitrogens is 3. The molecule has 5 rings (SSSR count). The molecule has 51 heavy (non-hydrogen) atoms. The van der Waals surface area contributed by atoms with Crippen LogP contribution in [-0.4, -0.2) is 50.6 Å². The van der Waals surface area contributed by atoms with E-state index in [2.05, 4.69) is 59.0 Å². The summed E-state index contributed by atoms with van der Waals surface area (Å²) in [4.78, 5) is 57.2. The summed E-state index contributed by atoms with van der Waals surface area (Å²) in [5.41, 5.74) is 2.09. The fourth-order valence-electron chi connectivity index (χ4n) is 6.26. The quantitative estimate of drug-likeness (QED) is 0.0967. The number of fused-ring (bicyclic) bond motifs is 3. The first-order valence-corrected chi connectivity index (χ1v) is 18.5. The molecular formula is C36H43ClIN7O6. The third-order valence-corrected chi connectivity index (χ3v) is 10.6. The molecule has 1 aliphatic carbocycles. The second kappa shape index (κ2) is 16.4. The second-order valence-electron chi connectivity index (χ2n) is 13.2. The number of H-pyrrole nitrogens is 1. The zero-order valence-electron chi connectivity index (χ0n) is 29.2. The van der Waals surface area contributed by atoms with Crippen molar-refractivity contribution >= 4 is 74.9 Å². The third-order valence-electron chi connectivity index (χ3n) is 9.57. The minimum absolute atomic E-state index is 0.0366. The molecule has 5 N–H and O–H groups in total. The van der Waals surface area contributed by atoms with E-state index in [0.29, 0.717) is 24.3 Å². The molecule has 4 aromatic rings. The van der Waals surface area contributed by atoms with Gasteiger partial charge in [0.2, 0.25) is 23.6 Å². The molecule has 2 aromatic carbocycles. The van der Waals surface area contributed by atoms with Crippen LogP contribution in [0.5, 0.6) is 0 Å². The number of benzene rings is 2. The lowest BCUT2D eigenvalue weighted by Gasteiger charge is -2.39. The highest BCUT2D eigenvalue weighted by Crippen LogP contribution is 2.38. The van der Waals surface area contributed by atoms with Crippen molar-refractivity contribution in [2.45, 2.75) is 91.0 Å². The Morgan fingerprint density at radius 3 is 2.47 bits per heavy atom. The first-order valence-electron chi connectivity index (χ1n) is 17.0. The molecule has 0 saturated carbocycles. The number of carbonyl (C=O) groups excluding carboxylic acids is 4. The summed E-state index contributed by atoms with van der Waals surface area (Å²) in [7, 11) is 0. The van der Waals surface area contributed by atoms with Crippen LogP contribution in [0.25, 0.3) is 10.9 Å². The smallest absolute Gasteiger partial charge is 0.408 e. The number of alkyl carbamates (subject to hydrolysis) is 1. The highest BCUT2D eigenvalue weighted by atomic mass is 127. The first-order chi connectivity index (χ1) is 24.3. The van der Waals surface area contributed by atoms with Crippen molar-refractivity contribution in [3.05, 3.63) is 73.8 Å². The summed E-state index contributed by atoms with van der Waals surface area (Å²) >= 11 is 8.73. The van der Waals surface area contributed by atoms with E-state index in [9.17, 15) is 19.2 Å². The monoisotopic (exact) mass is 831 g/mol. The van der Waals surface area contributed by atoms with Crippen molar-refractivity contribution in [1.82, 2.24) is 31.1 Å². The number of ether oxygens (including phenoxy) is 1. The van der Waals surface area contributed by atoms with E-state index < -0.39 is 35.5 Å². The molecule has 2 aromatic heterocycles. The number of rotatable bonds is 13. The summed E-state index contributed by atoms with van der Waals surface area (Å²) in [6.45, 7) is 9.05. The largest absolute Gasteiger partial charge is 0.445 e. The van der Waals surface area contributed by atoms with Gasteiger partial charge in [-0.15, -0.1) is 5.10 Å². The summed E-state index contributed by atoms with van der Waals surface area (Å²) in [5, 5.41) is 20.9. The van der Waals surface area contributed by atoms with Crippen molar-refractivity contribution in [3.8, 4) is 0 Å². The Hall–Kier alpha value is -4.18. The molecule has 15 heteroatoms. The average Bonchev–Trinajstić information content (AvgIpc) is 3.72. The molecule has 0 saturated heterocycles. The second-order valence-corrected chi connectivity index (χ2v) is 14.8. The van der Waals surface area contributed by atoms with E-state index in [1.165, 1.54) is 6.92 Å². The maximum absolute atomic E-state index is 14.8. The molecule has 272 valence electrons. The van der Waals surface area contributed by atoms with E-state index in [1.54, 1.807) is 0 Å². The minimum Gasteiger partial charge on any atom is -0.445 e. The number of anilines is 1. The van der Waals surface area contributed by atoms with Gasteiger partial charge in [-0.2, -0.15) is 0 Å². The van der Waals surface area contributed by atoms with Gasteiger partial charge in [0.15, 0.2) is 0 Å². The van der Waals surface area contributed by atoms with Gasteiger partial charge in [0.25, 0.3) is 0 Å². The Bertz CT molecular complexity index is 1900. The van der Waals surface area contributed by atoms with Crippen LogP contribution in [0.2, 0.25) is 5.02 Å². The van der Waals surface area contributed by atoms with Crippen molar-refractivity contribution in [1.29, 1.82) is 0 Å². The lowest BCUT2D eigenvalue weighted by Crippen LogP contribution is -2.65. The highest BCUT2D eigenvalue weighted by molar-refractivity contribution is 14.1. The van der Waals surface area contributed by atoms with Crippen LogP contribution in [-0.2, 0) is 38.6 Å². The molecule has 2 heterocycles. The van der Waals surface area contributed by atoms with Crippen LogP contribution in [0.4, 0.5) is 10.8 Å². The number of nitrogens with one attached hydrogen (secondary N) is 5. The molecule has 13 nitrogen and oxygen atoms in total. The zero-order chi connectivity index (χ0) is 36.9. The Balaban J connectivity index is 1.48. The number of amides is 4. The van der Waals surface area contributed by atoms with Crippen LogP contribution in [0.1, 0.15) is 82.6 Å². The lowest BCUT2D eigenvalue weighted by atomic mass is 9.78. The average molecular weight is 832 g/mol. The molecule has 0 aliphatic heterocycles. The summed E-state index contributed by atoms with van der Waals surface area (Å²) in [5.74, 6) is -1.68. The van der Waals surface area contributed by atoms with Gasteiger partial charge in [0.1, 0.15) is 24.2 Å². The van der Waals surface area contributed by atoms with E-state index in [0.717, 1.165) is 31.3 Å². The number of nitrogens with zero attached hydrogens (tertiary/aromatic N) is 2. The van der Waals surface area contributed by atoms with Gasteiger partial charge in [-0.3, -0.25) is 19.7 Å². The zero-order valence-corrected chi connectivity index (χ0v) is 32.1. The first kappa shape index (κ1) is 38.1. The van der Waals surface area contributed by atoms with Gasteiger partial charge >= 0.3 is 12.1 Å². The van der Waals surface area contributed by atoms with E-state index in [1.807, 2.05) is 70.2 Å². The van der Waals surface area contributed by atoms with Crippen LogP contribution in [0, 0.1) is 15.4 Å². The molecule has 2 unspecified atom stereocenters. The molecule has 0 bridgehead atoms. The third kappa shape index (κ3) is 8.83. The van der Waals surface area contributed by atoms with Crippen LogP contribution >= 0.6 is 34.2 Å². The van der Waals surface area contributed by atoms with Crippen molar-refractivity contribution in [2.75, 3.05) is 5.32 Å². The van der Waals surface area contributed by atoms with Gasteiger partial charge in [0, 0.05) is 33.0 Å². The molecule has 1 aliphatic rings.